The van der Waals surface area contributed by atoms with Gasteiger partial charge in [-0.1, -0.05) is 151 Å². The summed E-state index contributed by atoms with van der Waals surface area (Å²) in [5, 5.41) is 2.61. The van der Waals surface area contributed by atoms with E-state index in [1.54, 1.807) is 0 Å². The monoisotopic (exact) mass is 641 g/mol. The van der Waals surface area contributed by atoms with Crippen LogP contribution in [0, 0.1) is 0 Å². The first kappa shape index (κ1) is 28.2. The van der Waals surface area contributed by atoms with Crippen molar-refractivity contribution in [2.24, 2.45) is 0 Å². The lowest BCUT2D eigenvalue weighted by Crippen LogP contribution is -2.32. The average molecular weight is 642 g/mol. The smallest absolute Gasteiger partial charge is 0.0741 e. The van der Waals surface area contributed by atoms with Crippen LogP contribution in [0.1, 0.15) is 22.3 Å². The van der Waals surface area contributed by atoms with Gasteiger partial charge in [-0.05, 0) is 104 Å². The number of para-hydroxylation sites is 2. The molecule has 1 aliphatic carbocycles. The summed E-state index contributed by atoms with van der Waals surface area (Å²) in [6.07, 6.45) is 0. The molecule has 2 aliphatic rings. The Labute approximate surface area is 291 Å². The van der Waals surface area contributed by atoms with Gasteiger partial charge in [0.25, 0.3) is 0 Å². The molecule has 0 radical (unpaired) electrons. The SMILES string of the molecule is c1ccc(N(c2ccccc2)c2ccc(-c3ccc4c(c3)Sc3ccc5ccccc5c3C43c4ccccc4-c4ccccc43)cc2)cc1. The lowest BCUT2D eigenvalue weighted by atomic mass is 9.66. The summed E-state index contributed by atoms with van der Waals surface area (Å²) < 4.78 is 0. The molecule has 0 aromatic heterocycles. The molecule has 0 bridgehead atoms. The van der Waals surface area contributed by atoms with Crippen LogP contribution in [0.3, 0.4) is 0 Å². The van der Waals surface area contributed by atoms with Gasteiger partial charge in [0.1, 0.15) is 0 Å². The third-order valence-corrected chi connectivity index (χ3v) is 11.4. The molecule has 0 saturated heterocycles. The topological polar surface area (TPSA) is 3.24 Å². The molecule has 10 rings (SSSR count). The highest BCUT2D eigenvalue weighted by atomic mass is 32.2. The summed E-state index contributed by atoms with van der Waals surface area (Å²) in [5.41, 5.74) is 13.6. The molecular formula is C47H31NS. The van der Waals surface area contributed by atoms with Crippen LogP contribution in [-0.2, 0) is 5.41 Å². The van der Waals surface area contributed by atoms with E-state index >= 15 is 0 Å². The van der Waals surface area contributed by atoms with E-state index in [2.05, 4.69) is 193 Å². The summed E-state index contributed by atoms with van der Waals surface area (Å²) in [5.74, 6) is 0. The number of nitrogens with zero attached hydrogens (tertiary/aromatic N) is 1. The molecular weight excluding hydrogens is 611 g/mol. The molecule has 8 aromatic carbocycles. The van der Waals surface area contributed by atoms with E-state index in [0.717, 1.165) is 17.1 Å². The second-order valence-electron chi connectivity index (χ2n) is 12.9. The van der Waals surface area contributed by atoms with Gasteiger partial charge < -0.3 is 4.90 Å². The fraction of sp³-hybridized carbons (Fsp3) is 0.0213. The summed E-state index contributed by atoms with van der Waals surface area (Å²) >= 11 is 1.91. The summed E-state index contributed by atoms with van der Waals surface area (Å²) in [4.78, 5) is 4.95. The number of hydrogen-bond acceptors (Lipinski definition) is 2. The highest BCUT2D eigenvalue weighted by Gasteiger charge is 2.50. The number of fused-ring (bicyclic) bond motifs is 11. The predicted octanol–water partition coefficient (Wildman–Crippen LogP) is 12.8. The van der Waals surface area contributed by atoms with Gasteiger partial charge in [0, 0.05) is 26.9 Å². The Morgan fingerprint density at radius 1 is 0.388 bits per heavy atom. The normalized spacial score (nSPS) is 13.4. The molecule has 230 valence electrons. The standard InChI is InChI=1S/C47H31NS/c1-3-14-35(15-4-1)48(36-16-5-2-6-17-36)37-27-23-32(24-28-37)34-25-29-43-45(31-34)49-44-30-26-33-13-7-8-18-38(33)46(44)47(43)41-21-11-9-19-39(41)40-20-10-12-22-42(40)47/h1-31H. The van der Waals surface area contributed by atoms with Gasteiger partial charge in [-0.3, -0.25) is 0 Å². The molecule has 49 heavy (non-hydrogen) atoms. The van der Waals surface area contributed by atoms with Gasteiger partial charge in [-0.15, -0.1) is 0 Å². The third kappa shape index (κ3) is 4.21. The molecule has 0 N–H and O–H groups in total. The molecule has 0 unspecified atom stereocenters. The first-order valence-electron chi connectivity index (χ1n) is 16.9. The average Bonchev–Trinajstić information content (AvgIpc) is 3.46. The van der Waals surface area contributed by atoms with Crippen LogP contribution in [0.5, 0.6) is 0 Å². The number of hydrogen-bond donors (Lipinski definition) is 0. The van der Waals surface area contributed by atoms with Gasteiger partial charge in [-0.2, -0.15) is 0 Å². The van der Waals surface area contributed by atoms with Crippen molar-refractivity contribution in [3.05, 3.63) is 210 Å². The number of anilines is 3. The number of rotatable bonds is 4. The van der Waals surface area contributed by atoms with E-state index in [4.69, 9.17) is 0 Å². The molecule has 0 fully saturated rings. The molecule has 0 atom stereocenters. The summed E-state index contributed by atoms with van der Waals surface area (Å²) in [6.45, 7) is 0. The second kappa shape index (κ2) is 11.1. The van der Waals surface area contributed by atoms with Crippen LogP contribution >= 0.6 is 11.8 Å². The minimum absolute atomic E-state index is 0.405. The van der Waals surface area contributed by atoms with Gasteiger partial charge in [-0.25, -0.2) is 0 Å². The zero-order valence-corrected chi connectivity index (χ0v) is 27.6. The minimum atomic E-state index is -0.405. The Morgan fingerprint density at radius 3 is 1.61 bits per heavy atom. The van der Waals surface area contributed by atoms with E-state index in [9.17, 15) is 0 Å². The van der Waals surface area contributed by atoms with Crippen molar-refractivity contribution < 1.29 is 0 Å². The van der Waals surface area contributed by atoms with E-state index in [0.29, 0.717) is 0 Å². The molecule has 1 aliphatic heterocycles. The van der Waals surface area contributed by atoms with E-state index in [-0.39, 0.29) is 0 Å². The highest BCUT2D eigenvalue weighted by molar-refractivity contribution is 7.99. The van der Waals surface area contributed by atoms with Crippen LogP contribution in [-0.4, -0.2) is 0 Å². The molecule has 0 saturated carbocycles. The highest BCUT2D eigenvalue weighted by Crippen LogP contribution is 2.63. The second-order valence-corrected chi connectivity index (χ2v) is 14.0. The van der Waals surface area contributed by atoms with Crippen molar-refractivity contribution >= 4 is 39.6 Å². The predicted molar refractivity (Wildman–Crippen MR) is 205 cm³/mol. The molecule has 1 heterocycles. The van der Waals surface area contributed by atoms with E-state index < -0.39 is 5.41 Å². The quantitative estimate of drug-likeness (QED) is 0.188. The van der Waals surface area contributed by atoms with Crippen molar-refractivity contribution in [3.8, 4) is 22.3 Å². The van der Waals surface area contributed by atoms with Crippen molar-refractivity contribution in [2.45, 2.75) is 15.2 Å². The molecule has 2 heteroatoms. The Balaban J connectivity index is 1.14. The maximum Gasteiger partial charge on any atom is 0.0741 e. The first-order valence-corrected chi connectivity index (χ1v) is 17.7. The van der Waals surface area contributed by atoms with Crippen LogP contribution < -0.4 is 4.90 Å². The molecule has 0 amide bonds. The molecule has 8 aromatic rings. The maximum absolute atomic E-state index is 2.42. The van der Waals surface area contributed by atoms with Crippen LogP contribution in [0.15, 0.2) is 198 Å². The lowest BCUT2D eigenvalue weighted by molar-refractivity contribution is 0.731. The van der Waals surface area contributed by atoms with Crippen molar-refractivity contribution in [3.63, 3.8) is 0 Å². The largest absolute Gasteiger partial charge is 0.311 e. The van der Waals surface area contributed by atoms with E-state index in [1.807, 2.05) is 11.8 Å². The first-order chi connectivity index (χ1) is 24.3. The van der Waals surface area contributed by atoms with E-state index in [1.165, 1.54) is 65.1 Å². The van der Waals surface area contributed by atoms with Crippen molar-refractivity contribution in [1.29, 1.82) is 0 Å². The fourth-order valence-electron chi connectivity index (χ4n) is 8.27. The van der Waals surface area contributed by atoms with Gasteiger partial charge in [0.15, 0.2) is 0 Å². The summed E-state index contributed by atoms with van der Waals surface area (Å²) in [6, 6.07) is 69.0. The minimum Gasteiger partial charge on any atom is -0.311 e. The molecule has 1 spiro atoms. The Kier molecular flexibility index (Phi) is 6.40. The van der Waals surface area contributed by atoms with Crippen LogP contribution in [0.2, 0.25) is 0 Å². The zero-order valence-electron chi connectivity index (χ0n) is 26.8. The fourth-order valence-corrected chi connectivity index (χ4v) is 9.53. The van der Waals surface area contributed by atoms with Crippen LogP contribution in [0.25, 0.3) is 33.0 Å². The van der Waals surface area contributed by atoms with Gasteiger partial charge in [0.05, 0.1) is 5.41 Å². The zero-order chi connectivity index (χ0) is 32.4. The Morgan fingerprint density at radius 2 is 0.939 bits per heavy atom. The third-order valence-electron chi connectivity index (χ3n) is 10.3. The maximum atomic E-state index is 2.42. The molecule has 1 nitrogen and oxygen atoms in total. The van der Waals surface area contributed by atoms with Gasteiger partial charge in [0.2, 0.25) is 0 Å². The van der Waals surface area contributed by atoms with Crippen LogP contribution in [0.4, 0.5) is 17.1 Å². The Bertz CT molecular complexity index is 2430. The van der Waals surface area contributed by atoms with Crippen molar-refractivity contribution in [1.82, 2.24) is 0 Å². The van der Waals surface area contributed by atoms with Gasteiger partial charge >= 0.3 is 0 Å². The number of benzene rings is 8. The summed E-state index contributed by atoms with van der Waals surface area (Å²) in [7, 11) is 0. The van der Waals surface area contributed by atoms with Crippen molar-refractivity contribution in [2.75, 3.05) is 4.90 Å². The Hall–Kier alpha value is -5.83. The lowest BCUT2D eigenvalue weighted by Gasteiger charge is -2.40.